The third kappa shape index (κ3) is 4.65. The van der Waals surface area contributed by atoms with Crippen molar-refractivity contribution in [3.63, 3.8) is 0 Å². The first-order valence-corrected chi connectivity index (χ1v) is 7.84. The van der Waals surface area contributed by atoms with Crippen LogP contribution in [0.25, 0.3) is 0 Å². The second-order valence-corrected chi connectivity index (χ2v) is 5.34. The molecule has 0 saturated carbocycles. The molecular weight excluding hydrogens is 308 g/mol. The van der Waals surface area contributed by atoms with Gasteiger partial charge in [-0.05, 0) is 62.2 Å². The minimum Gasteiger partial charge on any atom is -0.490 e. The van der Waals surface area contributed by atoms with E-state index in [2.05, 4.69) is 6.92 Å². The summed E-state index contributed by atoms with van der Waals surface area (Å²) in [5.74, 6) is 0.725. The molecule has 0 spiro atoms. The average Bonchev–Trinajstić information content (AvgIpc) is 2.56. The SMILES string of the molecule is CCOc1cc(C(=O)O)ccc1OCCOc1ccc(C)c(C)c1. The Balaban J connectivity index is 1.93. The van der Waals surface area contributed by atoms with Gasteiger partial charge in [0.1, 0.15) is 19.0 Å². The summed E-state index contributed by atoms with van der Waals surface area (Å²) in [7, 11) is 0. The zero-order valence-corrected chi connectivity index (χ0v) is 14.2. The highest BCUT2D eigenvalue weighted by Gasteiger charge is 2.10. The van der Waals surface area contributed by atoms with Crippen molar-refractivity contribution in [2.45, 2.75) is 20.8 Å². The van der Waals surface area contributed by atoms with Gasteiger partial charge in [-0.15, -0.1) is 0 Å². The lowest BCUT2D eigenvalue weighted by molar-refractivity contribution is 0.0696. The number of carbonyl (C=O) groups is 1. The average molecular weight is 330 g/mol. The molecule has 0 aliphatic rings. The smallest absolute Gasteiger partial charge is 0.335 e. The molecule has 0 aliphatic carbocycles. The van der Waals surface area contributed by atoms with E-state index in [1.54, 1.807) is 6.07 Å². The summed E-state index contributed by atoms with van der Waals surface area (Å²) in [6, 6.07) is 10.5. The van der Waals surface area contributed by atoms with Crippen molar-refractivity contribution >= 4 is 5.97 Å². The Morgan fingerprint density at radius 3 is 2.33 bits per heavy atom. The predicted molar refractivity (Wildman–Crippen MR) is 91.5 cm³/mol. The number of hydrogen-bond acceptors (Lipinski definition) is 4. The largest absolute Gasteiger partial charge is 0.490 e. The Morgan fingerprint density at radius 2 is 1.67 bits per heavy atom. The van der Waals surface area contributed by atoms with E-state index in [-0.39, 0.29) is 5.56 Å². The van der Waals surface area contributed by atoms with Crippen molar-refractivity contribution in [3.05, 3.63) is 53.1 Å². The number of aryl methyl sites for hydroxylation is 2. The van der Waals surface area contributed by atoms with Crippen LogP contribution in [0.3, 0.4) is 0 Å². The number of aromatic carboxylic acids is 1. The maximum absolute atomic E-state index is 11.0. The minimum atomic E-state index is -0.999. The first kappa shape index (κ1) is 17.7. The molecule has 0 aliphatic heterocycles. The summed E-state index contributed by atoms with van der Waals surface area (Å²) in [4.78, 5) is 11.0. The van der Waals surface area contributed by atoms with E-state index in [4.69, 9.17) is 19.3 Å². The van der Waals surface area contributed by atoms with Gasteiger partial charge >= 0.3 is 5.97 Å². The van der Waals surface area contributed by atoms with E-state index in [0.29, 0.717) is 31.3 Å². The number of ether oxygens (including phenoxy) is 3. The van der Waals surface area contributed by atoms with Gasteiger partial charge in [-0.1, -0.05) is 6.07 Å². The Bertz CT molecular complexity index is 709. The second-order valence-electron chi connectivity index (χ2n) is 5.34. The Morgan fingerprint density at radius 1 is 0.917 bits per heavy atom. The molecule has 5 heteroatoms. The zero-order chi connectivity index (χ0) is 17.5. The van der Waals surface area contributed by atoms with Crippen LogP contribution in [-0.2, 0) is 0 Å². The molecule has 0 unspecified atom stereocenters. The third-order valence-electron chi connectivity index (χ3n) is 3.58. The van der Waals surface area contributed by atoms with Crippen molar-refractivity contribution in [2.24, 2.45) is 0 Å². The third-order valence-corrected chi connectivity index (χ3v) is 3.58. The molecule has 24 heavy (non-hydrogen) atoms. The fraction of sp³-hybridized carbons (Fsp3) is 0.316. The normalized spacial score (nSPS) is 10.3. The number of hydrogen-bond donors (Lipinski definition) is 1. The summed E-state index contributed by atoms with van der Waals surface area (Å²) in [5.41, 5.74) is 2.56. The molecule has 2 aromatic carbocycles. The fourth-order valence-electron chi connectivity index (χ4n) is 2.14. The first-order valence-electron chi connectivity index (χ1n) is 7.84. The molecule has 0 atom stereocenters. The van der Waals surface area contributed by atoms with Crippen LogP contribution in [0.15, 0.2) is 36.4 Å². The van der Waals surface area contributed by atoms with E-state index >= 15 is 0 Å². The highest BCUT2D eigenvalue weighted by atomic mass is 16.5. The zero-order valence-electron chi connectivity index (χ0n) is 14.2. The molecule has 128 valence electrons. The van der Waals surface area contributed by atoms with Crippen molar-refractivity contribution in [2.75, 3.05) is 19.8 Å². The molecule has 0 radical (unpaired) electrons. The maximum Gasteiger partial charge on any atom is 0.335 e. The maximum atomic E-state index is 11.0. The molecule has 1 N–H and O–H groups in total. The van der Waals surface area contributed by atoms with Crippen LogP contribution in [0.2, 0.25) is 0 Å². The van der Waals surface area contributed by atoms with Gasteiger partial charge in [0, 0.05) is 0 Å². The molecule has 2 aromatic rings. The van der Waals surface area contributed by atoms with Crippen LogP contribution in [0, 0.1) is 13.8 Å². The van der Waals surface area contributed by atoms with Crippen molar-refractivity contribution < 1.29 is 24.1 Å². The van der Waals surface area contributed by atoms with E-state index in [1.807, 2.05) is 32.0 Å². The molecule has 2 rings (SSSR count). The van der Waals surface area contributed by atoms with Crippen molar-refractivity contribution in [3.8, 4) is 17.2 Å². The molecular formula is C19H22O5. The number of carboxylic acids is 1. The lowest BCUT2D eigenvalue weighted by atomic mass is 10.1. The lowest BCUT2D eigenvalue weighted by Gasteiger charge is -2.13. The summed E-state index contributed by atoms with van der Waals surface area (Å²) < 4.78 is 16.8. The summed E-state index contributed by atoms with van der Waals surface area (Å²) >= 11 is 0. The van der Waals surface area contributed by atoms with Gasteiger partial charge in [-0.3, -0.25) is 0 Å². The quantitative estimate of drug-likeness (QED) is 0.745. The molecule has 0 fully saturated rings. The van der Waals surface area contributed by atoms with Gasteiger partial charge in [-0.25, -0.2) is 4.79 Å². The van der Waals surface area contributed by atoms with E-state index < -0.39 is 5.97 Å². The number of rotatable bonds is 8. The fourth-order valence-corrected chi connectivity index (χ4v) is 2.14. The van der Waals surface area contributed by atoms with E-state index in [1.165, 1.54) is 23.3 Å². The topological polar surface area (TPSA) is 65.0 Å². The van der Waals surface area contributed by atoms with Crippen molar-refractivity contribution in [1.82, 2.24) is 0 Å². The molecule has 0 amide bonds. The monoisotopic (exact) mass is 330 g/mol. The van der Waals surface area contributed by atoms with Crippen LogP contribution in [0.5, 0.6) is 17.2 Å². The molecule has 0 saturated heterocycles. The van der Waals surface area contributed by atoms with Crippen LogP contribution >= 0.6 is 0 Å². The molecule has 5 nitrogen and oxygen atoms in total. The van der Waals surface area contributed by atoms with Gasteiger partial charge in [0.25, 0.3) is 0 Å². The standard InChI is InChI=1S/C19H22O5/c1-4-22-18-12-15(19(20)21)6-8-17(18)24-10-9-23-16-7-5-13(2)14(3)11-16/h5-8,11-12H,4,9-10H2,1-3H3,(H,20,21). The van der Waals surface area contributed by atoms with Gasteiger partial charge < -0.3 is 19.3 Å². The van der Waals surface area contributed by atoms with Crippen LogP contribution < -0.4 is 14.2 Å². The predicted octanol–water partition coefficient (Wildman–Crippen LogP) is 3.86. The second kappa shape index (κ2) is 8.24. The highest BCUT2D eigenvalue weighted by molar-refractivity contribution is 5.88. The first-order chi connectivity index (χ1) is 11.5. The van der Waals surface area contributed by atoms with Gasteiger partial charge in [-0.2, -0.15) is 0 Å². The Kier molecular flexibility index (Phi) is 6.07. The Hall–Kier alpha value is -2.69. The van der Waals surface area contributed by atoms with Crippen molar-refractivity contribution in [1.29, 1.82) is 0 Å². The Labute approximate surface area is 141 Å². The number of carboxylic acid groups (broad SMARTS) is 1. The minimum absolute atomic E-state index is 0.164. The number of benzene rings is 2. The molecule has 0 bridgehead atoms. The van der Waals surface area contributed by atoms with E-state index in [9.17, 15) is 4.79 Å². The highest BCUT2D eigenvalue weighted by Crippen LogP contribution is 2.28. The van der Waals surface area contributed by atoms with Crippen LogP contribution in [0.4, 0.5) is 0 Å². The van der Waals surface area contributed by atoms with Gasteiger partial charge in [0.05, 0.1) is 12.2 Å². The summed E-state index contributed by atoms with van der Waals surface area (Å²) in [5, 5.41) is 9.03. The van der Waals surface area contributed by atoms with Gasteiger partial charge in [0.15, 0.2) is 11.5 Å². The van der Waals surface area contributed by atoms with Gasteiger partial charge in [0.2, 0.25) is 0 Å². The van der Waals surface area contributed by atoms with Crippen LogP contribution in [-0.4, -0.2) is 30.9 Å². The summed E-state index contributed by atoms with van der Waals surface area (Å²) in [6.45, 7) is 7.07. The van der Waals surface area contributed by atoms with E-state index in [0.717, 1.165) is 5.75 Å². The summed E-state index contributed by atoms with van der Waals surface area (Å²) in [6.07, 6.45) is 0. The molecule has 0 aromatic heterocycles. The van der Waals surface area contributed by atoms with Crippen LogP contribution in [0.1, 0.15) is 28.4 Å². The molecule has 0 heterocycles. The lowest BCUT2D eigenvalue weighted by Crippen LogP contribution is -2.10.